The minimum Gasteiger partial charge on any atom is -0.346 e. The largest absolute Gasteiger partial charge is 0.346 e. The van der Waals surface area contributed by atoms with Crippen molar-refractivity contribution in [2.45, 2.75) is 19.3 Å². The molecule has 22 heavy (non-hydrogen) atoms. The number of aromatic nitrogens is 4. The Morgan fingerprint density at radius 2 is 2.23 bits per heavy atom. The Morgan fingerprint density at radius 1 is 1.36 bits per heavy atom. The van der Waals surface area contributed by atoms with Gasteiger partial charge >= 0.3 is 0 Å². The molecule has 1 aliphatic heterocycles. The highest BCUT2D eigenvalue weighted by atomic mass is 16.2. The number of carbonyl (C=O) groups is 1. The minimum atomic E-state index is -0.0109. The molecule has 3 aromatic rings. The summed E-state index contributed by atoms with van der Waals surface area (Å²) in [5, 5.41) is 8.00. The van der Waals surface area contributed by atoms with E-state index in [-0.39, 0.29) is 11.8 Å². The lowest BCUT2D eigenvalue weighted by Gasteiger charge is -2.14. The van der Waals surface area contributed by atoms with Gasteiger partial charge in [-0.15, -0.1) is 0 Å². The highest BCUT2D eigenvalue weighted by Crippen LogP contribution is 2.27. The summed E-state index contributed by atoms with van der Waals surface area (Å²) < 4.78 is 0. The zero-order chi connectivity index (χ0) is 15.1. The molecule has 0 saturated carbocycles. The number of para-hydroxylation sites is 1. The molecule has 1 aromatic carbocycles. The molecule has 1 amide bonds. The molecule has 0 bridgehead atoms. The summed E-state index contributed by atoms with van der Waals surface area (Å²) in [6, 6.07) is 7.71. The van der Waals surface area contributed by atoms with Crippen LogP contribution in [-0.2, 0) is 0 Å². The zero-order valence-corrected chi connectivity index (χ0v) is 12.3. The predicted molar refractivity (Wildman–Crippen MR) is 82.7 cm³/mol. The van der Waals surface area contributed by atoms with Gasteiger partial charge in [0.05, 0.1) is 5.52 Å². The van der Waals surface area contributed by atoms with Crippen LogP contribution < -0.4 is 0 Å². The third kappa shape index (κ3) is 2.07. The lowest BCUT2D eigenvalue weighted by molar-refractivity contribution is 0.0786. The van der Waals surface area contributed by atoms with E-state index < -0.39 is 0 Å². The van der Waals surface area contributed by atoms with Crippen molar-refractivity contribution in [3.8, 4) is 0 Å². The predicted octanol–water partition coefficient (Wildman–Crippen LogP) is 2.22. The van der Waals surface area contributed by atoms with E-state index in [1.54, 1.807) is 0 Å². The van der Waals surface area contributed by atoms with Crippen LogP contribution in [0.2, 0.25) is 0 Å². The summed E-state index contributed by atoms with van der Waals surface area (Å²) in [4.78, 5) is 22.2. The molecule has 4 rings (SSSR count). The molecule has 1 fully saturated rings. The smallest absolute Gasteiger partial charge is 0.275 e. The van der Waals surface area contributed by atoms with E-state index in [0.29, 0.717) is 12.2 Å². The van der Waals surface area contributed by atoms with E-state index in [1.807, 2.05) is 42.3 Å². The van der Waals surface area contributed by atoms with Crippen LogP contribution >= 0.6 is 0 Å². The Labute approximate surface area is 127 Å². The second-order valence-electron chi connectivity index (χ2n) is 5.81. The molecular weight excluding hydrogens is 278 g/mol. The quantitative estimate of drug-likeness (QED) is 0.761. The van der Waals surface area contributed by atoms with E-state index >= 15 is 0 Å². The van der Waals surface area contributed by atoms with E-state index in [9.17, 15) is 4.79 Å². The summed E-state index contributed by atoms with van der Waals surface area (Å²) in [5.74, 6) is 1.24. The van der Waals surface area contributed by atoms with Crippen LogP contribution in [0.15, 0.2) is 30.5 Å². The SMILES string of the molecule is Cc1cnc([C@H]2CCN(C(=O)c3n[nH]c4ccccc34)C2)[nH]1. The maximum Gasteiger partial charge on any atom is 0.275 e. The fourth-order valence-corrected chi connectivity index (χ4v) is 3.08. The Hall–Kier alpha value is -2.63. The van der Waals surface area contributed by atoms with Crippen LogP contribution in [0.3, 0.4) is 0 Å². The van der Waals surface area contributed by atoms with E-state index in [4.69, 9.17) is 0 Å². The van der Waals surface area contributed by atoms with Gasteiger partial charge < -0.3 is 9.88 Å². The van der Waals surface area contributed by atoms with Crippen molar-refractivity contribution in [3.05, 3.63) is 47.7 Å². The molecule has 2 aromatic heterocycles. The molecular formula is C16H17N5O. The Kier molecular flexibility index (Phi) is 2.96. The van der Waals surface area contributed by atoms with Gasteiger partial charge in [0.25, 0.3) is 5.91 Å². The number of aryl methyl sites for hydroxylation is 1. The first-order chi connectivity index (χ1) is 10.7. The van der Waals surface area contributed by atoms with Crippen molar-refractivity contribution in [2.24, 2.45) is 0 Å². The number of carbonyl (C=O) groups excluding carboxylic acids is 1. The van der Waals surface area contributed by atoms with Gasteiger partial charge in [-0.3, -0.25) is 9.89 Å². The van der Waals surface area contributed by atoms with Crippen molar-refractivity contribution in [1.82, 2.24) is 25.1 Å². The molecule has 112 valence electrons. The first-order valence-electron chi connectivity index (χ1n) is 7.46. The number of H-pyrrole nitrogens is 2. The van der Waals surface area contributed by atoms with E-state index in [2.05, 4.69) is 20.2 Å². The van der Waals surface area contributed by atoms with Crippen molar-refractivity contribution in [3.63, 3.8) is 0 Å². The maximum absolute atomic E-state index is 12.7. The fraction of sp³-hybridized carbons (Fsp3) is 0.312. The van der Waals surface area contributed by atoms with Crippen LogP contribution in [0.4, 0.5) is 0 Å². The second kappa shape index (κ2) is 4.98. The van der Waals surface area contributed by atoms with E-state index in [1.165, 1.54) is 0 Å². The average molecular weight is 295 g/mol. The Balaban J connectivity index is 1.57. The number of aromatic amines is 2. The van der Waals surface area contributed by atoms with Crippen LogP contribution in [0, 0.1) is 6.92 Å². The zero-order valence-electron chi connectivity index (χ0n) is 12.3. The molecule has 1 atom stereocenters. The van der Waals surface area contributed by atoms with Gasteiger partial charge in [0.15, 0.2) is 5.69 Å². The summed E-state index contributed by atoms with van der Waals surface area (Å²) >= 11 is 0. The van der Waals surface area contributed by atoms with Crippen molar-refractivity contribution in [2.75, 3.05) is 13.1 Å². The molecule has 1 saturated heterocycles. The van der Waals surface area contributed by atoms with Gasteiger partial charge in [0.1, 0.15) is 5.82 Å². The topological polar surface area (TPSA) is 77.7 Å². The number of hydrogen-bond acceptors (Lipinski definition) is 3. The molecule has 3 heterocycles. The summed E-state index contributed by atoms with van der Waals surface area (Å²) in [6.45, 7) is 3.42. The molecule has 0 spiro atoms. The molecule has 0 aliphatic carbocycles. The number of imidazole rings is 1. The second-order valence-corrected chi connectivity index (χ2v) is 5.81. The van der Waals surface area contributed by atoms with E-state index in [0.717, 1.165) is 35.4 Å². The Morgan fingerprint density at radius 3 is 3.05 bits per heavy atom. The summed E-state index contributed by atoms with van der Waals surface area (Å²) in [6.07, 6.45) is 2.77. The van der Waals surface area contributed by atoms with Gasteiger partial charge in [-0.1, -0.05) is 18.2 Å². The maximum atomic E-state index is 12.7. The molecule has 6 nitrogen and oxygen atoms in total. The average Bonchev–Trinajstić information content (AvgIpc) is 3.25. The normalized spacial score (nSPS) is 18.2. The number of hydrogen-bond donors (Lipinski definition) is 2. The molecule has 6 heteroatoms. The van der Waals surface area contributed by atoms with Gasteiger partial charge in [-0.05, 0) is 19.4 Å². The Bertz CT molecular complexity index is 834. The molecule has 0 unspecified atom stereocenters. The molecule has 2 N–H and O–H groups in total. The molecule has 0 radical (unpaired) electrons. The highest BCUT2D eigenvalue weighted by Gasteiger charge is 2.31. The molecule has 1 aliphatic rings. The van der Waals surface area contributed by atoms with Crippen molar-refractivity contribution >= 4 is 16.8 Å². The van der Waals surface area contributed by atoms with Crippen LogP contribution in [0.5, 0.6) is 0 Å². The van der Waals surface area contributed by atoms with Gasteiger partial charge in [-0.25, -0.2) is 4.98 Å². The number of amides is 1. The van der Waals surface area contributed by atoms with Gasteiger partial charge in [-0.2, -0.15) is 5.10 Å². The lowest BCUT2D eigenvalue weighted by Crippen LogP contribution is -2.29. The van der Waals surface area contributed by atoms with Crippen LogP contribution in [0.1, 0.15) is 34.3 Å². The first-order valence-corrected chi connectivity index (χ1v) is 7.46. The lowest BCUT2D eigenvalue weighted by atomic mass is 10.1. The number of likely N-dealkylation sites (tertiary alicyclic amines) is 1. The van der Waals surface area contributed by atoms with Crippen molar-refractivity contribution < 1.29 is 4.79 Å². The monoisotopic (exact) mass is 295 g/mol. The summed E-state index contributed by atoms with van der Waals surface area (Å²) in [5.41, 5.74) is 2.45. The number of nitrogens with zero attached hydrogens (tertiary/aromatic N) is 3. The van der Waals surface area contributed by atoms with Crippen LogP contribution in [-0.4, -0.2) is 44.1 Å². The highest BCUT2D eigenvalue weighted by molar-refractivity contribution is 6.04. The van der Waals surface area contributed by atoms with Gasteiger partial charge in [0.2, 0.25) is 0 Å². The number of fused-ring (bicyclic) bond motifs is 1. The summed E-state index contributed by atoms with van der Waals surface area (Å²) in [7, 11) is 0. The minimum absolute atomic E-state index is 0.0109. The number of rotatable bonds is 2. The first kappa shape index (κ1) is 13.1. The number of benzene rings is 1. The number of nitrogens with one attached hydrogen (secondary N) is 2. The standard InChI is InChI=1S/C16H17N5O/c1-10-8-17-15(18-10)11-6-7-21(9-11)16(22)14-12-4-2-3-5-13(12)19-20-14/h2-5,8,11H,6-7,9H2,1H3,(H,17,18)(H,19,20)/t11-/m0/s1. The van der Waals surface area contributed by atoms with Gasteiger partial charge in [0, 0.05) is 36.3 Å². The fourth-order valence-electron chi connectivity index (χ4n) is 3.08. The van der Waals surface area contributed by atoms with Crippen LogP contribution in [0.25, 0.3) is 10.9 Å². The van der Waals surface area contributed by atoms with Crippen molar-refractivity contribution in [1.29, 1.82) is 0 Å². The third-order valence-electron chi connectivity index (χ3n) is 4.26. The third-order valence-corrected chi connectivity index (χ3v) is 4.26.